The molecular formula is C58H99NO5. The van der Waals surface area contributed by atoms with Crippen molar-refractivity contribution in [3.63, 3.8) is 0 Å². The van der Waals surface area contributed by atoms with Crippen LogP contribution >= 0.6 is 0 Å². The van der Waals surface area contributed by atoms with Crippen LogP contribution in [-0.4, -0.2) is 46.9 Å². The molecule has 64 heavy (non-hydrogen) atoms. The van der Waals surface area contributed by atoms with Crippen LogP contribution in [0.1, 0.15) is 233 Å². The molecule has 3 atom stereocenters. The normalized spacial score (nSPS) is 14.0. The van der Waals surface area contributed by atoms with Gasteiger partial charge >= 0.3 is 5.97 Å². The Bertz CT molecular complexity index is 1270. The zero-order chi connectivity index (χ0) is 46.7. The lowest BCUT2D eigenvalue weighted by Crippen LogP contribution is -2.46. The molecule has 0 aliphatic rings. The summed E-state index contributed by atoms with van der Waals surface area (Å²) in [5.41, 5.74) is 0. The van der Waals surface area contributed by atoms with E-state index in [1.54, 1.807) is 0 Å². The van der Waals surface area contributed by atoms with Crippen LogP contribution in [-0.2, 0) is 14.3 Å². The van der Waals surface area contributed by atoms with Gasteiger partial charge in [0.2, 0.25) is 5.91 Å². The highest BCUT2D eigenvalue weighted by atomic mass is 16.5. The number of carbonyl (C=O) groups is 2. The number of aliphatic hydroxyl groups excluding tert-OH is 2. The van der Waals surface area contributed by atoms with Crippen LogP contribution in [0.25, 0.3) is 0 Å². The molecule has 6 nitrogen and oxygen atoms in total. The van der Waals surface area contributed by atoms with Crippen molar-refractivity contribution in [3.8, 4) is 0 Å². The first-order chi connectivity index (χ1) is 31.5. The summed E-state index contributed by atoms with van der Waals surface area (Å²) in [6.07, 6.45) is 67.4. The molecule has 0 radical (unpaired) electrons. The van der Waals surface area contributed by atoms with Gasteiger partial charge in [-0.05, 0) is 77.0 Å². The third-order valence-corrected chi connectivity index (χ3v) is 11.5. The Hall–Kier alpha value is -3.22. The lowest BCUT2D eigenvalue weighted by Gasteiger charge is -2.24. The number of aliphatic hydroxyl groups is 2. The molecule has 3 N–H and O–H groups in total. The van der Waals surface area contributed by atoms with Gasteiger partial charge in [-0.1, -0.05) is 240 Å². The fraction of sp³-hybridized carbons (Fsp3) is 0.690. The standard InChI is InChI=1S/C58H99NO5/c1-4-7-10-13-16-19-22-25-27-29-32-34-37-40-43-46-49-54(64-58(63)51-48-45-42-39-36-33-30-28-26-23-20-17-14-11-8-5-2)52-57(62)59-55(53-60)56(61)50-47-44-41-38-35-31-24-21-18-15-12-9-6-3/h8,10-11,13,16-17,19-20,22,25-29,32,34,54-56,60-61H,4-7,9,12,14-15,18,21,23-24,30-31,33,35-53H2,1-3H3,(H,59,62)/b11-8+,13-10+,19-16+,20-17+,25-22+,28-26+,29-27+,34-32+. The highest BCUT2D eigenvalue weighted by Crippen LogP contribution is 2.17. The quantitative estimate of drug-likeness (QED) is 0.0245. The summed E-state index contributed by atoms with van der Waals surface area (Å²) in [4.78, 5) is 26.2. The molecular weight excluding hydrogens is 791 g/mol. The van der Waals surface area contributed by atoms with Gasteiger partial charge in [-0.15, -0.1) is 0 Å². The second kappa shape index (κ2) is 50.8. The Kier molecular flexibility index (Phi) is 48.2. The maximum atomic E-state index is 13.2. The lowest BCUT2D eigenvalue weighted by molar-refractivity contribution is -0.151. The van der Waals surface area contributed by atoms with Crippen LogP contribution in [0.3, 0.4) is 0 Å². The van der Waals surface area contributed by atoms with Crippen molar-refractivity contribution >= 4 is 11.9 Å². The number of ether oxygens (including phenoxy) is 1. The van der Waals surface area contributed by atoms with E-state index < -0.39 is 18.2 Å². The highest BCUT2D eigenvalue weighted by Gasteiger charge is 2.24. The zero-order valence-electron chi connectivity index (χ0n) is 41.6. The summed E-state index contributed by atoms with van der Waals surface area (Å²) in [5.74, 6) is -0.536. The van der Waals surface area contributed by atoms with E-state index in [-0.39, 0.29) is 24.9 Å². The number of hydrogen-bond donors (Lipinski definition) is 3. The molecule has 1 amide bonds. The first-order valence-corrected chi connectivity index (χ1v) is 26.5. The van der Waals surface area contributed by atoms with Crippen molar-refractivity contribution in [1.29, 1.82) is 0 Å². The van der Waals surface area contributed by atoms with Crippen LogP contribution in [0.2, 0.25) is 0 Å². The maximum Gasteiger partial charge on any atom is 0.306 e. The Labute approximate surface area is 395 Å². The average molecular weight is 890 g/mol. The maximum absolute atomic E-state index is 13.2. The molecule has 6 heteroatoms. The third-order valence-electron chi connectivity index (χ3n) is 11.5. The van der Waals surface area contributed by atoms with E-state index in [0.29, 0.717) is 19.3 Å². The lowest BCUT2D eigenvalue weighted by atomic mass is 10.0. The van der Waals surface area contributed by atoms with Crippen molar-refractivity contribution in [2.75, 3.05) is 6.61 Å². The average Bonchev–Trinajstić information content (AvgIpc) is 3.29. The SMILES string of the molecule is CC/C=C/C/C=C/C/C=C/CCCCCCCCC(=O)OC(CCCCC/C=C/C=C/C=C/C=C/C=C/CCC)CC(=O)NC(CO)C(O)CCCCCCCCCCCCCCC. The summed E-state index contributed by atoms with van der Waals surface area (Å²) < 4.78 is 5.92. The van der Waals surface area contributed by atoms with E-state index >= 15 is 0 Å². The zero-order valence-corrected chi connectivity index (χ0v) is 41.6. The van der Waals surface area contributed by atoms with E-state index in [9.17, 15) is 19.8 Å². The molecule has 0 bridgehead atoms. The minimum absolute atomic E-state index is 0.0389. The Morgan fingerprint density at radius 1 is 0.484 bits per heavy atom. The minimum atomic E-state index is -0.807. The fourth-order valence-corrected chi connectivity index (χ4v) is 7.53. The number of carbonyl (C=O) groups excluding carboxylic acids is 2. The van der Waals surface area contributed by atoms with E-state index in [1.165, 1.54) is 89.9 Å². The molecule has 0 saturated carbocycles. The number of nitrogens with one attached hydrogen (secondary N) is 1. The van der Waals surface area contributed by atoms with Crippen LogP contribution in [0.5, 0.6) is 0 Å². The molecule has 0 aliphatic carbocycles. The Balaban J connectivity index is 4.72. The van der Waals surface area contributed by atoms with Crippen molar-refractivity contribution in [2.45, 2.75) is 251 Å². The van der Waals surface area contributed by atoms with Gasteiger partial charge in [-0.25, -0.2) is 0 Å². The first kappa shape index (κ1) is 60.8. The topological polar surface area (TPSA) is 95.9 Å². The molecule has 3 unspecified atom stereocenters. The van der Waals surface area contributed by atoms with Gasteiger partial charge in [0.1, 0.15) is 6.10 Å². The van der Waals surface area contributed by atoms with Crippen LogP contribution in [0, 0.1) is 0 Å². The first-order valence-electron chi connectivity index (χ1n) is 26.5. The van der Waals surface area contributed by atoms with E-state index in [0.717, 1.165) is 96.3 Å². The molecule has 0 fully saturated rings. The van der Waals surface area contributed by atoms with E-state index in [4.69, 9.17) is 4.74 Å². The fourth-order valence-electron chi connectivity index (χ4n) is 7.53. The number of unbranched alkanes of at least 4 members (excludes halogenated alkanes) is 22. The summed E-state index contributed by atoms with van der Waals surface area (Å²) in [5, 5.41) is 23.8. The number of rotatable bonds is 46. The van der Waals surface area contributed by atoms with Crippen molar-refractivity contribution in [1.82, 2.24) is 5.32 Å². The van der Waals surface area contributed by atoms with Crippen LogP contribution in [0.15, 0.2) is 97.2 Å². The van der Waals surface area contributed by atoms with E-state index in [1.807, 2.05) is 36.5 Å². The minimum Gasteiger partial charge on any atom is -0.462 e. The molecule has 0 heterocycles. The smallest absolute Gasteiger partial charge is 0.306 e. The van der Waals surface area contributed by atoms with Crippen molar-refractivity contribution in [2.24, 2.45) is 0 Å². The van der Waals surface area contributed by atoms with Gasteiger partial charge in [0.25, 0.3) is 0 Å². The molecule has 0 aliphatic heterocycles. The number of hydrogen-bond acceptors (Lipinski definition) is 5. The molecule has 366 valence electrons. The predicted molar refractivity (Wildman–Crippen MR) is 277 cm³/mol. The van der Waals surface area contributed by atoms with Gasteiger partial charge in [-0.2, -0.15) is 0 Å². The van der Waals surface area contributed by atoms with Crippen LogP contribution in [0.4, 0.5) is 0 Å². The number of allylic oxidation sites excluding steroid dienone is 16. The van der Waals surface area contributed by atoms with Gasteiger partial charge in [-0.3, -0.25) is 9.59 Å². The van der Waals surface area contributed by atoms with Gasteiger partial charge in [0.15, 0.2) is 0 Å². The van der Waals surface area contributed by atoms with Gasteiger partial charge < -0.3 is 20.3 Å². The van der Waals surface area contributed by atoms with Crippen LogP contribution < -0.4 is 5.32 Å². The largest absolute Gasteiger partial charge is 0.462 e. The van der Waals surface area contributed by atoms with Crippen molar-refractivity contribution in [3.05, 3.63) is 97.2 Å². The summed E-state index contributed by atoms with van der Waals surface area (Å²) in [7, 11) is 0. The monoisotopic (exact) mass is 890 g/mol. The van der Waals surface area contributed by atoms with Gasteiger partial charge in [0, 0.05) is 6.42 Å². The van der Waals surface area contributed by atoms with E-state index in [2.05, 4.69) is 86.8 Å². The molecule has 0 aromatic rings. The van der Waals surface area contributed by atoms with Gasteiger partial charge in [0.05, 0.1) is 25.2 Å². The second-order valence-electron chi connectivity index (χ2n) is 17.7. The Morgan fingerprint density at radius 2 is 0.938 bits per heavy atom. The third kappa shape index (κ3) is 45.4. The number of esters is 1. The molecule has 0 spiro atoms. The molecule has 0 saturated heterocycles. The summed E-state index contributed by atoms with van der Waals surface area (Å²) in [6.45, 7) is 6.27. The number of amides is 1. The molecule has 0 aromatic carbocycles. The predicted octanol–water partition coefficient (Wildman–Crippen LogP) is 16.1. The Morgan fingerprint density at radius 3 is 1.50 bits per heavy atom. The summed E-state index contributed by atoms with van der Waals surface area (Å²) in [6, 6.07) is -0.724. The summed E-state index contributed by atoms with van der Waals surface area (Å²) >= 11 is 0. The molecule has 0 aromatic heterocycles. The highest BCUT2D eigenvalue weighted by molar-refractivity contribution is 5.77. The van der Waals surface area contributed by atoms with Crippen molar-refractivity contribution < 1.29 is 24.5 Å². The second-order valence-corrected chi connectivity index (χ2v) is 17.7. The molecule has 0 rings (SSSR count).